The van der Waals surface area contributed by atoms with E-state index in [1.54, 1.807) is 30.5 Å². The number of nitrogens with one attached hydrogen (secondary N) is 1. The minimum absolute atomic E-state index is 0.0593. The van der Waals surface area contributed by atoms with Crippen molar-refractivity contribution >= 4 is 29.5 Å². The van der Waals surface area contributed by atoms with Crippen molar-refractivity contribution in [1.82, 2.24) is 5.32 Å². The molecule has 0 aliphatic rings. The number of ether oxygens (including phenoxy) is 2. The van der Waals surface area contributed by atoms with Gasteiger partial charge in [-0.3, -0.25) is 14.9 Å². The summed E-state index contributed by atoms with van der Waals surface area (Å²) in [5.74, 6) is -2.38. The topological polar surface area (TPSA) is 81.7 Å². The maximum atomic E-state index is 12.1. The van der Waals surface area contributed by atoms with E-state index in [0.29, 0.717) is 10.5 Å². The molecule has 2 aromatic carbocycles. The largest absolute Gasteiger partial charge is 0.452 e. The first-order valence-corrected chi connectivity index (χ1v) is 8.82. The first-order chi connectivity index (χ1) is 12.9. The van der Waals surface area contributed by atoms with Crippen LogP contribution in [0.3, 0.4) is 0 Å². The standard InChI is InChI=1S/C18H15F2NO5S/c1-27-14-5-3-2-4-13(14)17(24)25-10-15(22)21-16(23)11-6-8-12(9-7-11)26-18(19)20/h2-9,18H,10H2,1H3,(H,21,22,23). The smallest absolute Gasteiger partial charge is 0.387 e. The lowest BCUT2D eigenvalue weighted by Crippen LogP contribution is -2.34. The molecule has 0 aliphatic carbocycles. The Morgan fingerprint density at radius 3 is 2.37 bits per heavy atom. The molecule has 2 aromatic rings. The second kappa shape index (κ2) is 9.67. The summed E-state index contributed by atoms with van der Waals surface area (Å²) in [6, 6.07) is 11.5. The number of hydrogen-bond donors (Lipinski definition) is 1. The summed E-state index contributed by atoms with van der Waals surface area (Å²) in [6.45, 7) is -3.61. The molecule has 0 unspecified atom stereocenters. The van der Waals surface area contributed by atoms with Gasteiger partial charge >= 0.3 is 12.6 Å². The fourth-order valence-electron chi connectivity index (χ4n) is 2.04. The maximum absolute atomic E-state index is 12.1. The van der Waals surface area contributed by atoms with E-state index in [-0.39, 0.29) is 11.3 Å². The zero-order chi connectivity index (χ0) is 19.8. The van der Waals surface area contributed by atoms with E-state index in [1.807, 2.05) is 5.32 Å². The number of rotatable bonds is 7. The van der Waals surface area contributed by atoms with Crippen LogP contribution in [0.4, 0.5) is 8.78 Å². The van der Waals surface area contributed by atoms with Gasteiger partial charge in [-0.2, -0.15) is 8.78 Å². The van der Waals surface area contributed by atoms with E-state index in [2.05, 4.69) is 4.74 Å². The van der Waals surface area contributed by atoms with Crippen LogP contribution in [-0.4, -0.2) is 37.3 Å². The summed E-state index contributed by atoms with van der Waals surface area (Å²) in [7, 11) is 0. The van der Waals surface area contributed by atoms with Crippen molar-refractivity contribution in [3.05, 3.63) is 59.7 Å². The Kier molecular flexibility index (Phi) is 7.30. The highest BCUT2D eigenvalue weighted by Crippen LogP contribution is 2.20. The zero-order valence-corrected chi connectivity index (χ0v) is 14.9. The lowest BCUT2D eigenvalue weighted by atomic mass is 10.2. The quantitative estimate of drug-likeness (QED) is 0.573. The molecule has 0 aliphatic heterocycles. The van der Waals surface area contributed by atoms with Crippen LogP contribution in [0.15, 0.2) is 53.4 Å². The number of esters is 1. The van der Waals surface area contributed by atoms with Gasteiger partial charge < -0.3 is 9.47 Å². The first kappa shape index (κ1) is 20.4. The molecule has 0 bridgehead atoms. The van der Waals surface area contributed by atoms with Crippen LogP contribution < -0.4 is 10.1 Å². The van der Waals surface area contributed by atoms with E-state index in [1.165, 1.54) is 36.0 Å². The molecule has 6 nitrogen and oxygen atoms in total. The van der Waals surface area contributed by atoms with Crippen LogP contribution in [0, 0.1) is 0 Å². The second-order valence-electron chi connectivity index (χ2n) is 5.06. The third kappa shape index (κ3) is 6.07. The van der Waals surface area contributed by atoms with E-state index in [4.69, 9.17) is 4.74 Å². The zero-order valence-electron chi connectivity index (χ0n) is 14.1. The Hall–Kier alpha value is -2.94. The predicted molar refractivity (Wildman–Crippen MR) is 94.1 cm³/mol. The Morgan fingerprint density at radius 1 is 1.07 bits per heavy atom. The number of benzene rings is 2. The van der Waals surface area contributed by atoms with Crippen molar-refractivity contribution in [2.24, 2.45) is 0 Å². The van der Waals surface area contributed by atoms with Gasteiger partial charge in [0.1, 0.15) is 5.75 Å². The van der Waals surface area contributed by atoms with Crippen molar-refractivity contribution in [3.8, 4) is 5.75 Å². The predicted octanol–water partition coefficient (Wildman–Crippen LogP) is 3.12. The second-order valence-corrected chi connectivity index (χ2v) is 5.90. The molecule has 0 saturated heterocycles. The lowest BCUT2D eigenvalue weighted by Gasteiger charge is -2.08. The summed E-state index contributed by atoms with van der Waals surface area (Å²) in [5.41, 5.74) is 0.378. The molecule has 142 valence electrons. The van der Waals surface area contributed by atoms with Gasteiger partial charge in [-0.05, 0) is 42.7 Å². The van der Waals surface area contributed by atoms with E-state index < -0.39 is 31.0 Å². The first-order valence-electron chi connectivity index (χ1n) is 7.60. The molecular weight excluding hydrogens is 380 g/mol. The Balaban J connectivity index is 1.88. The Bertz CT molecular complexity index is 827. The third-order valence-corrected chi connectivity index (χ3v) is 4.05. The fourth-order valence-corrected chi connectivity index (χ4v) is 2.63. The normalized spacial score (nSPS) is 10.4. The summed E-state index contributed by atoms with van der Waals surface area (Å²) in [4.78, 5) is 36.5. The van der Waals surface area contributed by atoms with Crippen molar-refractivity contribution in [1.29, 1.82) is 0 Å². The minimum Gasteiger partial charge on any atom is -0.452 e. The molecular formula is C18H15F2NO5S. The molecule has 0 atom stereocenters. The average Bonchev–Trinajstić information content (AvgIpc) is 2.66. The molecule has 1 N–H and O–H groups in total. The van der Waals surface area contributed by atoms with Crippen LogP contribution in [0.1, 0.15) is 20.7 Å². The molecule has 27 heavy (non-hydrogen) atoms. The monoisotopic (exact) mass is 395 g/mol. The summed E-state index contributed by atoms with van der Waals surface area (Å²) in [5, 5.41) is 2.04. The van der Waals surface area contributed by atoms with Gasteiger partial charge in [0.15, 0.2) is 6.61 Å². The average molecular weight is 395 g/mol. The highest BCUT2D eigenvalue weighted by molar-refractivity contribution is 7.98. The molecule has 0 saturated carbocycles. The number of carbonyl (C=O) groups is 3. The molecule has 0 fully saturated rings. The summed E-state index contributed by atoms with van der Waals surface area (Å²) in [6.07, 6.45) is 1.80. The minimum atomic E-state index is -2.97. The van der Waals surface area contributed by atoms with Gasteiger partial charge in [0.25, 0.3) is 11.8 Å². The molecule has 0 heterocycles. The summed E-state index contributed by atoms with van der Waals surface area (Å²) < 4.78 is 33.2. The van der Waals surface area contributed by atoms with Crippen LogP contribution >= 0.6 is 11.8 Å². The molecule has 0 aromatic heterocycles. The van der Waals surface area contributed by atoms with Crippen molar-refractivity contribution in [2.45, 2.75) is 11.5 Å². The summed E-state index contributed by atoms with van der Waals surface area (Å²) >= 11 is 1.36. The maximum Gasteiger partial charge on any atom is 0.387 e. The SMILES string of the molecule is CSc1ccccc1C(=O)OCC(=O)NC(=O)c1ccc(OC(F)F)cc1. The van der Waals surface area contributed by atoms with Gasteiger partial charge in [0.2, 0.25) is 0 Å². The van der Waals surface area contributed by atoms with E-state index in [0.717, 1.165) is 0 Å². The lowest BCUT2D eigenvalue weighted by molar-refractivity contribution is -0.123. The van der Waals surface area contributed by atoms with Gasteiger partial charge in [-0.25, -0.2) is 4.79 Å². The molecule has 0 radical (unpaired) electrons. The number of hydrogen-bond acceptors (Lipinski definition) is 6. The highest BCUT2D eigenvalue weighted by Gasteiger charge is 2.16. The van der Waals surface area contributed by atoms with Crippen molar-refractivity contribution in [2.75, 3.05) is 12.9 Å². The Labute approximate surface area is 157 Å². The fraction of sp³-hybridized carbons (Fsp3) is 0.167. The van der Waals surface area contributed by atoms with Gasteiger partial charge in [0, 0.05) is 10.5 Å². The number of imide groups is 1. The van der Waals surface area contributed by atoms with Crippen molar-refractivity contribution < 1.29 is 32.6 Å². The molecule has 0 spiro atoms. The molecule has 2 amide bonds. The van der Waals surface area contributed by atoms with Gasteiger partial charge in [0.05, 0.1) is 5.56 Å². The van der Waals surface area contributed by atoms with Gasteiger partial charge in [-0.15, -0.1) is 11.8 Å². The number of carbonyl (C=O) groups excluding carboxylic acids is 3. The molecule has 2 rings (SSSR count). The third-order valence-electron chi connectivity index (χ3n) is 3.26. The van der Waals surface area contributed by atoms with Crippen molar-refractivity contribution in [3.63, 3.8) is 0 Å². The van der Waals surface area contributed by atoms with Crippen LogP contribution in [0.25, 0.3) is 0 Å². The number of halogens is 2. The van der Waals surface area contributed by atoms with E-state index >= 15 is 0 Å². The number of alkyl halides is 2. The molecule has 9 heteroatoms. The highest BCUT2D eigenvalue weighted by atomic mass is 32.2. The van der Waals surface area contributed by atoms with Gasteiger partial charge in [-0.1, -0.05) is 12.1 Å². The van der Waals surface area contributed by atoms with E-state index in [9.17, 15) is 23.2 Å². The van der Waals surface area contributed by atoms with Crippen LogP contribution in [0.2, 0.25) is 0 Å². The Morgan fingerprint density at radius 2 is 1.74 bits per heavy atom. The number of amides is 2. The number of thioether (sulfide) groups is 1. The van der Waals surface area contributed by atoms with Crippen LogP contribution in [0.5, 0.6) is 5.75 Å². The van der Waals surface area contributed by atoms with Crippen LogP contribution in [-0.2, 0) is 9.53 Å².